The van der Waals surface area contributed by atoms with Crippen LogP contribution in [0.1, 0.15) is 5.56 Å². The van der Waals surface area contributed by atoms with E-state index in [-0.39, 0.29) is 5.84 Å². The zero-order valence-corrected chi connectivity index (χ0v) is 7.46. The highest BCUT2D eigenvalue weighted by Gasteiger charge is 1.92. The van der Waals surface area contributed by atoms with E-state index >= 15 is 0 Å². The molecule has 74 valence electrons. The van der Waals surface area contributed by atoms with E-state index in [9.17, 15) is 0 Å². The van der Waals surface area contributed by atoms with Crippen LogP contribution in [0, 0.1) is 0 Å². The van der Waals surface area contributed by atoms with Crippen LogP contribution in [0.4, 0.5) is 0 Å². The van der Waals surface area contributed by atoms with Crippen molar-refractivity contribution < 1.29 is 10.4 Å². The molecule has 0 unspecified atom stereocenters. The van der Waals surface area contributed by atoms with Gasteiger partial charge in [0.1, 0.15) is 6.21 Å². The zero-order valence-electron chi connectivity index (χ0n) is 7.46. The van der Waals surface area contributed by atoms with Crippen molar-refractivity contribution in [2.75, 3.05) is 0 Å². The van der Waals surface area contributed by atoms with Crippen LogP contribution in [0.2, 0.25) is 0 Å². The third-order valence-corrected chi connectivity index (χ3v) is 1.57. The molecule has 0 saturated heterocycles. The average Bonchev–Trinajstić information content (AvgIpc) is 2.25. The van der Waals surface area contributed by atoms with Gasteiger partial charge in [0.15, 0.2) is 5.84 Å². The second-order valence-corrected chi connectivity index (χ2v) is 2.54. The molecule has 0 spiro atoms. The molecule has 1 aromatic rings. The number of nitrogens with one attached hydrogen (secondary N) is 1. The maximum Gasteiger partial charge on any atom is 0.167 e. The molecule has 3 N–H and O–H groups in total. The summed E-state index contributed by atoms with van der Waals surface area (Å²) in [7, 11) is 0. The Kier molecular flexibility index (Phi) is 4.16. The maximum atomic E-state index is 8.55. The molecule has 0 radical (unpaired) electrons. The van der Waals surface area contributed by atoms with E-state index in [4.69, 9.17) is 10.4 Å². The molecule has 1 rings (SSSR count). The van der Waals surface area contributed by atoms with E-state index in [2.05, 4.69) is 10.1 Å². The molecule has 0 aliphatic heterocycles. The maximum absolute atomic E-state index is 8.55. The molecule has 5 nitrogen and oxygen atoms in total. The Morgan fingerprint density at radius 2 is 2.07 bits per heavy atom. The standard InChI is InChI=1S/C9H11N3O2/c13-11-7-9(12-14)10-6-8-4-2-1-3-5-8/h1-5,7,13-14H,6H2,(H,10,12)/b11-7+. The number of hydrogen-bond donors (Lipinski definition) is 3. The van der Waals surface area contributed by atoms with Gasteiger partial charge >= 0.3 is 0 Å². The predicted octanol–water partition coefficient (Wildman–Crippen LogP) is 1.02. The van der Waals surface area contributed by atoms with Gasteiger partial charge in [-0.15, -0.1) is 0 Å². The second-order valence-electron chi connectivity index (χ2n) is 2.54. The first-order chi connectivity index (χ1) is 6.86. The van der Waals surface area contributed by atoms with Gasteiger partial charge in [0, 0.05) is 0 Å². The summed E-state index contributed by atoms with van der Waals surface area (Å²) in [4.78, 5) is 3.95. The lowest BCUT2D eigenvalue weighted by atomic mass is 10.2. The first-order valence-electron chi connectivity index (χ1n) is 4.02. The number of benzene rings is 1. The largest absolute Gasteiger partial charge is 0.411 e. The molecule has 0 aromatic heterocycles. The molecule has 0 fully saturated rings. The van der Waals surface area contributed by atoms with Gasteiger partial charge in [-0.2, -0.15) is 0 Å². The Balaban J connectivity index is 2.61. The summed E-state index contributed by atoms with van der Waals surface area (Å²) in [6, 6.07) is 9.53. The quantitative estimate of drug-likeness (QED) is 0.290. The summed E-state index contributed by atoms with van der Waals surface area (Å²) >= 11 is 0. The van der Waals surface area contributed by atoms with Crippen molar-refractivity contribution in [2.24, 2.45) is 10.1 Å². The molecule has 0 bridgehead atoms. The molecule has 14 heavy (non-hydrogen) atoms. The van der Waals surface area contributed by atoms with Crippen LogP contribution in [-0.2, 0) is 6.54 Å². The number of hydrogen-bond acceptors (Lipinski definition) is 4. The van der Waals surface area contributed by atoms with Gasteiger partial charge in [-0.05, 0) is 5.56 Å². The number of amidine groups is 1. The first-order valence-corrected chi connectivity index (χ1v) is 4.02. The summed E-state index contributed by atoms with van der Waals surface area (Å²) in [5, 5.41) is 19.5. The van der Waals surface area contributed by atoms with Gasteiger partial charge < -0.3 is 5.21 Å². The smallest absolute Gasteiger partial charge is 0.167 e. The Labute approximate surface area is 81.4 Å². The summed E-state index contributed by atoms with van der Waals surface area (Å²) < 4.78 is 0. The fourth-order valence-electron chi connectivity index (χ4n) is 0.920. The first kappa shape index (κ1) is 10.2. The number of aliphatic imine (C=N–C) groups is 1. The van der Waals surface area contributed by atoms with Crippen LogP contribution in [0.15, 0.2) is 40.5 Å². The van der Waals surface area contributed by atoms with Crippen molar-refractivity contribution in [3.05, 3.63) is 35.9 Å². The lowest BCUT2D eigenvalue weighted by Gasteiger charge is -1.98. The Bertz CT molecular complexity index is 322. The van der Waals surface area contributed by atoms with Crippen molar-refractivity contribution in [2.45, 2.75) is 6.54 Å². The van der Waals surface area contributed by atoms with Crippen molar-refractivity contribution >= 4 is 12.1 Å². The van der Waals surface area contributed by atoms with Crippen LogP contribution in [0.5, 0.6) is 0 Å². The van der Waals surface area contributed by atoms with Crippen LogP contribution in [0.3, 0.4) is 0 Å². The van der Waals surface area contributed by atoms with Crippen molar-refractivity contribution in [3.63, 3.8) is 0 Å². The molecule has 0 heterocycles. The highest BCUT2D eigenvalue weighted by atomic mass is 16.5. The fourth-order valence-corrected chi connectivity index (χ4v) is 0.920. The van der Waals surface area contributed by atoms with E-state index in [1.54, 1.807) is 0 Å². The molecule has 0 amide bonds. The number of nitrogens with zero attached hydrogens (tertiary/aromatic N) is 2. The van der Waals surface area contributed by atoms with Gasteiger partial charge in [-0.25, -0.2) is 0 Å². The third-order valence-electron chi connectivity index (χ3n) is 1.57. The highest BCUT2D eigenvalue weighted by molar-refractivity contribution is 6.28. The molecule has 1 aromatic carbocycles. The monoisotopic (exact) mass is 193 g/mol. The zero-order chi connectivity index (χ0) is 10.2. The van der Waals surface area contributed by atoms with Crippen LogP contribution >= 0.6 is 0 Å². The summed E-state index contributed by atoms with van der Waals surface area (Å²) in [6.45, 7) is 0.412. The minimum atomic E-state index is 0.108. The molecule has 0 aliphatic rings. The van der Waals surface area contributed by atoms with E-state index in [0.717, 1.165) is 11.8 Å². The minimum absolute atomic E-state index is 0.108. The van der Waals surface area contributed by atoms with Crippen LogP contribution in [0.25, 0.3) is 0 Å². The van der Waals surface area contributed by atoms with E-state index in [0.29, 0.717) is 6.54 Å². The lowest BCUT2D eigenvalue weighted by Crippen LogP contribution is -2.20. The molecule has 0 atom stereocenters. The highest BCUT2D eigenvalue weighted by Crippen LogP contribution is 1.99. The molecule has 5 heteroatoms. The molecule has 0 aliphatic carbocycles. The van der Waals surface area contributed by atoms with Crippen LogP contribution < -0.4 is 5.48 Å². The SMILES string of the molecule is O/N=C/C(=NCc1ccccc1)NO. The number of oxime groups is 1. The molecular formula is C9H11N3O2. The van der Waals surface area contributed by atoms with E-state index < -0.39 is 0 Å². The second kappa shape index (κ2) is 5.71. The predicted molar refractivity (Wildman–Crippen MR) is 52.8 cm³/mol. The topological polar surface area (TPSA) is 77.2 Å². The number of rotatable bonds is 3. The Morgan fingerprint density at radius 1 is 1.36 bits per heavy atom. The van der Waals surface area contributed by atoms with Crippen molar-refractivity contribution in [1.82, 2.24) is 5.48 Å². The van der Waals surface area contributed by atoms with Crippen LogP contribution in [-0.4, -0.2) is 22.5 Å². The molecule has 0 saturated carbocycles. The normalized spacial score (nSPS) is 11.9. The van der Waals surface area contributed by atoms with E-state index in [1.807, 2.05) is 35.8 Å². The van der Waals surface area contributed by atoms with Gasteiger partial charge in [0.25, 0.3) is 0 Å². The van der Waals surface area contributed by atoms with Gasteiger partial charge in [-0.1, -0.05) is 35.5 Å². The average molecular weight is 193 g/mol. The van der Waals surface area contributed by atoms with Crippen molar-refractivity contribution in [3.8, 4) is 0 Å². The third kappa shape index (κ3) is 3.24. The summed E-state index contributed by atoms with van der Waals surface area (Å²) in [5.41, 5.74) is 2.82. The Morgan fingerprint density at radius 3 is 2.64 bits per heavy atom. The molecular weight excluding hydrogens is 182 g/mol. The summed E-state index contributed by atoms with van der Waals surface area (Å²) in [6.07, 6.45) is 1.02. The van der Waals surface area contributed by atoms with Crippen molar-refractivity contribution in [1.29, 1.82) is 0 Å². The Hall–Kier alpha value is -1.88. The van der Waals surface area contributed by atoms with E-state index in [1.165, 1.54) is 0 Å². The number of hydroxylamine groups is 1. The van der Waals surface area contributed by atoms with Gasteiger partial charge in [0.2, 0.25) is 0 Å². The summed E-state index contributed by atoms with van der Waals surface area (Å²) in [5.74, 6) is 0.108. The fraction of sp³-hybridized carbons (Fsp3) is 0.111. The van der Waals surface area contributed by atoms with Gasteiger partial charge in [0.05, 0.1) is 6.54 Å². The minimum Gasteiger partial charge on any atom is -0.411 e. The lowest BCUT2D eigenvalue weighted by molar-refractivity contribution is 0.236. The van der Waals surface area contributed by atoms with Gasteiger partial charge in [-0.3, -0.25) is 15.7 Å².